The topological polar surface area (TPSA) is 124 Å². The van der Waals surface area contributed by atoms with Crippen molar-refractivity contribution in [1.82, 2.24) is 25.0 Å². The molecular formula is C20H30N6O4S. The van der Waals surface area contributed by atoms with Gasteiger partial charge in [0, 0.05) is 12.3 Å². The van der Waals surface area contributed by atoms with E-state index in [0.29, 0.717) is 28.6 Å². The minimum Gasteiger partial charge on any atom is -0.481 e. The molecule has 0 bridgehead atoms. The highest BCUT2D eigenvalue weighted by Crippen LogP contribution is 2.47. The Bertz CT molecular complexity index is 951. The average Bonchev–Trinajstić information content (AvgIpc) is 3.36. The third-order valence-electron chi connectivity index (χ3n) is 5.63. The minimum absolute atomic E-state index is 0.333. The molecule has 3 heterocycles. The SMILES string of the molecule is CCCCNc1nc(SCCC)nc2c1nnn2[C@@H]1C[C@H](C(=O)O)[C@H]2OC(C)(C)O[C@H]21. The van der Waals surface area contributed by atoms with Crippen molar-refractivity contribution in [2.75, 3.05) is 17.6 Å². The summed E-state index contributed by atoms with van der Waals surface area (Å²) in [5.74, 6) is -0.839. The molecule has 1 saturated heterocycles. The highest BCUT2D eigenvalue weighted by molar-refractivity contribution is 7.99. The van der Waals surface area contributed by atoms with Gasteiger partial charge in [0.1, 0.15) is 12.2 Å². The number of hydrogen-bond acceptors (Lipinski definition) is 9. The van der Waals surface area contributed by atoms with Crippen LogP contribution >= 0.6 is 11.8 Å². The smallest absolute Gasteiger partial charge is 0.309 e. The first-order valence-electron chi connectivity index (χ1n) is 10.9. The van der Waals surface area contributed by atoms with E-state index in [9.17, 15) is 9.90 Å². The van der Waals surface area contributed by atoms with Crippen LogP contribution in [0.25, 0.3) is 11.2 Å². The maximum Gasteiger partial charge on any atom is 0.309 e. The highest BCUT2D eigenvalue weighted by Gasteiger charge is 2.57. The number of ether oxygens (including phenoxy) is 2. The van der Waals surface area contributed by atoms with Gasteiger partial charge in [-0.2, -0.15) is 0 Å². The largest absolute Gasteiger partial charge is 0.481 e. The number of aliphatic carboxylic acids is 1. The van der Waals surface area contributed by atoms with Crippen LogP contribution in [0.2, 0.25) is 0 Å². The number of rotatable bonds is 9. The number of carboxylic acid groups (broad SMARTS) is 1. The van der Waals surface area contributed by atoms with E-state index in [0.717, 1.165) is 31.6 Å². The zero-order valence-electron chi connectivity index (χ0n) is 18.4. The van der Waals surface area contributed by atoms with Gasteiger partial charge >= 0.3 is 5.97 Å². The van der Waals surface area contributed by atoms with Gasteiger partial charge in [-0.25, -0.2) is 14.6 Å². The van der Waals surface area contributed by atoms with Crippen LogP contribution in [-0.2, 0) is 14.3 Å². The summed E-state index contributed by atoms with van der Waals surface area (Å²) in [4.78, 5) is 21.3. The number of nitrogens with one attached hydrogen (secondary N) is 1. The molecule has 2 aromatic heterocycles. The summed E-state index contributed by atoms with van der Waals surface area (Å²) in [6, 6.07) is -0.333. The van der Waals surface area contributed by atoms with E-state index in [4.69, 9.17) is 14.5 Å². The van der Waals surface area contributed by atoms with Gasteiger partial charge in [-0.05, 0) is 33.1 Å². The van der Waals surface area contributed by atoms with Crippen molar-refractivity contribution in [2.24, 2.45) is 5.92 Å². The number of unbranched alkanes of at least 4 members (excludes halogenated alkanes) is 1. The molecule has 4 rings (SSSR count). The van der Waals surface area contributed by atoms with Crippen molar-refractivity contribution < 1.29 is 19.4 Å². The summed E-state index contributed by atoms with van der Waals surface area (Å²) in [5, 5.41) is 22.5. The van der Waals surface area contributed by atoms with Crippen LogP contribution in [0.5, 0.6) is 0 Å². The maximum atomic E-state index is 11.9. The molecular weight excluding hydrogens is 420 g/mol. The zero-order valence-corrected chi connectivity index (χ0v) is 19.2. The summed E-state index contributed by atoms with van der Waals surface area (Å²) >= 11 is 1.59. The fourth-order valence-electron chi connectivity index (χ4n) is 4.23. The third-order valence-corrected chi connectivity index (χ3v) is 6.68. The lowest BCUT2D eigenvalue weighted by atomic mass is 10.1. The molecule has 1 saturated carbocycles. The number of fused-ring (bicyclic) bond motifs is 2. The molecule has 1 aliphatic heterocycles. The summed E-state index contributed by atoms with van der Waals surface area (Å²) in [6.45, 7) is 8.64. The second kappa shape index (κ2) is 8.87. The zero-order chi connectivity index (χ0) is 22.2. The summed E-state index contributed by atoms with van der Waals surface area (Å²) < 4.78 is 13.8. The van der Waals surface area contributed by atoms with Crippen LogP contribution in [0.1, 0.15) is 59.4 Å². The number of anilines is 1. The van der Waals surface area contributed by atoms with Gasteiger partial charge in [0.05, 0.1) is 12.0 Å². The van der Waals surface area contributed by atoms with Crippen molar-refractivity contribution in [3.8, 4) is 0 Å². The highest BCUT2D eigenvalue weighted by atomic mass is 32.2. The Balaban J connectivity index is 1.73. The molecule has 2 aliphatic rings. The van der Waals surface area contributed by atoms with E-state index in [1.165, 1.54) is 0 Å². The molecule has 0 spiro atoms. The molecule has 0 radical (unpaired) electrons. The number of carboxylic acids is 1. The number of thioether (sulfide) groups is 1. The standard InChI is InChI=1S/C20H30N6O4S/c1-5-7-8-21-16-13-17(23-19(22-16)31-9-6-2)26(25-24-13)12-10-11(18(27)28)14-15(12)30-20(3,4)29-14/h11-12,14-15H,5-10H2,1-4H3,(H,27,28)(H,21,22,23)/t11-,12+,14+,15-/m0/s1. The Morgan fingerprint density at radius 2 is 2.03 bits per heavy atom. The summed E-state index contributed by atoms with van der Waals surface area (Å²) in [7, 11) is 0. The van der Waals surface area contributed by atoms with E-state index >= 15 is 0 Å². The Morgan fingerprint density at radius 3 is 2.74 bits per heavy atom. The van der Waals surface area contributed by atoms with Crippen LogP contribution in [0.3, 0.4) is 0 Å². The van der Waals surface area contributed by atoms with Gasteiger partial charge in [0.2, 0.25) is 0 Å². The molecule has 2 fully saturated rings. The number of nitrogens with zero attached hydrogens (tertiary/aromatic N) is 5. The first-order chi connectivity index (χ1) is 14.8. The van der Waals surface area contributed by atoms with E-state index < -0.39 is 29.9 Å². The van der Waals surface area contributed by atoms with Crippen LogP contribution in [0, 0.1) is 5.92 Å². The Morgan fingerprint density at radius 1 is 1.26 bits per heavy atom. The van der Waals surface area contributed by atoms with Gasteiger partial charge in [-0.1, -0.05) is 37.2 Å². The van der Waals surface area contributed by atoms with Crippen LogP contribution in [-0.4, -0.2) is 66.3 Å². The summed E-state index contributed by atoms with van der Waals surface area (Å²) in [5.41, 5.74) is 1.18. The van der Waals surface area contributed by atoms with E-state index in [1.807, 2.05) is 0 Å². The Hall–Kier alpha value is -1.98. The molecule has 31 heavy (non-hydrogen) atoms. The van der Waals surface area contributed by atoms with Crippen LogP contribution in [0.15, 0.2) is 5.16 Å². The molecule has 170 valence electrons. The lowest BCUT2D eigenvalue weighted by Crippen LogP contribution is -2.30. The molecule has 0 unspecified atom stereocenters. The average molecular weight is 451 g/mol. The second-order valence-corrected chi connectivity index (χ2v) is 9.56. The van der Waals surface area contributed by atoms with Crippen molar-refractivity contribution in [3.63, 3.8) is 0 Å². The van der Waals surface area contributed by atoms with Gasteiger partial charge in [-0.15, -0.1) is 5.10 Å². The van der Waals surface area contributed by atoms with Gasteiger partial charge in [0.25, 0.3) is 0 Å². The van der Waals surface area contributed by atoms with Crippen molar-refractivity contribution in [2.45, 2.75) is 82.6 Å². The first kappa shape index (κ1) is 22.2. The lowest BCUT2D eigenvalue weighted by molar-refractivity contribution is -0.168. The molecule has 0 aromatic carbocycles. The molecule has 11 heteroatoms. The Kier molecular flexibility index (Phi) is 6.36. The molecule has 4 atom stereocenters. The number of hydrogen-bond donors (Lipinski definition) is 2. The maximum absolute atomic E-state index is 11.9. The fraction of sp³-hybridized carbons (Fsp3) is 0.750. The molecule has 1 aliphatic carbocycles. The van der Waals surface area contributed by atoms with Crippen LogP contribution in [0.4, 0.5) is 5.82 Å². The van der Waals surface area contributed by atoms with Gasteiger partial charge in [-0.3, -0.25) is 4.79 Å². The fourth-order valence-corrected chi connectivity index (χ4v) is 4.93. The Labute approximate surface area is 185 Å². The predicted molar refractivity (Wildman–Crippen MR) is 116 cm³/mol. The molecule has 2 N–H and O–H groups in total. The number of aromatic nitrogens is 5. The quantitative estimate of drug-likeness (QED) is 0.334. The van der Waals surface area contributed by atoms with Crippen molar-refractivity contribution in [3.05, 3.63) is 0 Å². The van der Waals surface area contributed by atoms with Crippen molar-refractivity contribution in [1.29, 1.82) is 0 Å². The van der Waals surface area contributed by atoms with Crippen LogP contribution < -0.4 is 5.32 Å². The van der Waals surface area contributed by atoms with E-state index in [2.05, 4.69) is 34.5 Å². The van der Waals surface area contributed by atoms with Gasteiger partial charge in [0.15, 0.2) is 27.9 Å². The molecule has 2 aromatic rings. The predicted octanol–water partition coefficient (Wildman–Crippen LogP) is 3.10. The third kappa shape index (κ3) is 4.35. The normalized spacial score (nSPS) is 27.0. The lowest BCUT2D eigenvalue weighted by Gasteiger charge is -2.22. The molecule has 10 nitrogen and oxygen atoms in total. The van der Waals surface area contributed by atoms with Gasteiger partial charge < -0.3 is 19.9 Å². The van der Waals surface area contributed by atoms with E-state index in [-0.39, 0.29) is 6.04 Å². The monoisotopic (exact) mass is 450 g/mol. The first-order valence-corrected chi connectivity index (χ1v) is 11.9. The molecule has 0 amide bonds. The van der Waals surface area contributed by atoms with E-state index in [1.54, 1.807) is 30.3 Å². The summed E-state index contributed by atoms with van der Waals surface area (Å²) in [6.07, 6.45) is 2.48. The second-order valence-electron chi connectivity index (χ2n) is 8.50. The minimum atomic E-state index is -0.890. The number of carbonyl (C=O) groups is 1. The van der Waals surface area contributed by atoms with Crippen molar-refractivity contribution >= 4 is 34.7 Å².